The minimum Gasteiger partial charge on any atom is -0.326 e. The highest BCUT2D eigenvalue weighted by Crippen LogP contribution is 2.22. The molecule has 0 heterocycles. The van der Waals surface area contributed by atoms with E-state index in [4.69, 9.17) is 0 Å². The molecule has 0 spiro atoms. The van der Waals surface area contributed by atoms with Crippen LogP contribution in [-0.4, -0.2) is 31.2 Å². The molecule has 1 atom stereocenters. The summed E-state index contributed by atoms with van der Waals surface area (Å²) in [6, 6.07) is 0.884. The van der Waals surface area contributed by atoms with Gasteiger partial charge in [-0.05, 0) is 32.6 Å². The molecule has 0 aromatic rings. The van der Waals surface area contributed by atoms with Crippen molar-refractivity contribution >= 4 is 24.8 Å². The molecule has 0 aliphatic rings. The lowest BCUT2D eigenvalue weighted by molar-refractivity contribution is -0.914. The minimum absolute atomic E-state index is 0. The molecule has 0 aromatic heterocycles. The lowest BCUT2D eigenvalue weighted by Crippen LogP contribution is -2.48. The van der Waals surface area contributed by atoms with Crippen LogP contribution in [0.5, 0.6) is 0 Å². The summed E-state index contributed by atoms with van der Waals surface area (Å²) in [5.74, 6) is 0. The van der Waals surface area contributed by atoms with Crippen LogP contribution in [-0.2, 0) is 0 Å². The number of hydrogen-bond acceptors (Lipinski definition) is 0. The van der Waals surface area contributed by atoms with Gasteiger partial charge in [-0.15, -0.1) is 24.8 Å². The van der Waals surface area contributed by atoms with E-state index in [1.807, 2.05) is 0 Å². The molecule has 0 amide bonds. The zero-order chi connectivity index (χ0) is 28.7. The van der Waals surface area contributed by atoms with Crippen molar-refractivity contribution in [1.29, 1.82) is 0 Å². The Kier molecular flexibility index (Phi) is 41.2. The summed E-state index contributed by atoms with van der Waals surface area (Å²) in [6.07, 6.45) is 45.4. The van der Waals surface area contributed by atoms with Gasteiger partial charge in [0.2, 0.25) is 0 Å². The van der Waals surface area contributed by atoms with Crippen molar-refractivity contribution in [3.05, 3.63) is 0 Å². The number of unbranched alkanes of at least 4 members (excludes halogenated alkanes) is 27. The van der Waals surface area contributed by atoms with Gasteiger partial charge in [0.05, 0.1) is 26.7 Å². The van der Waals surface area contributed by atoms with Gasteiger partial charge in [-0.25, -0.2) is 0 Å². The first-order valence-corrected chi connectivity index (χ1v) is 18.9. The zero-order valence-corrected chi connectivity index (χ0v) is 31.1. The van der Waals surface area contributed by atoms with Crippen molar-refractivity contribution in [3.8, 4) is 0 Å². The standard InChI is InChI=1S/C38H80N.2ClH/c1-6-9-11-13-15-17-19-21-23-25-27-29-31-33-35-37-38(39(4,5)8-3)36-34-32-30-28-26-24-22-20-18-16-14-12-10-7-2;;/h38H,6-37H2,1-5H3;2*1H/q+1;;. The molecule has 0 saturated carbocycles. The molecule has 41 heavy (non-hydrogen) atoms. The zero-order valence-electron chi connectivity index (χ0n) is 29.5. The van der Waals surface area contributed by atoms with Crippen molar-refractivity contribution in [2.45, 2.75) is 226 Å². The first-order valence-electron chi connectivity index (χ1n) is 18.9. The molecular weight excluding hydrogens is 541 g/mol. The molecule has 0 fully saturated rings. The number of hydrogen-bond donors (Lipinski definition) is 0. The summed E-state index contributed by atoms with van der Waals surface area (Å²) < 4.78 is 1.23. The number of halogens is 2. The van der Waals surface area contributed by atoms with E-state index < -0.39 is 0 Å². The molecule has 0 rings (SSSR count). The Balaban J connectivity index is -0.00000722. The van der Waals surface area contributed by atoms with E-state index in [1.165, 1.54) is 210 Å². The average molecular weight is 624 g/mol. The Bertz CT molecular complexity index is 454. The lowest BCUT2D eigenvalue weighted by Gasteiger charge is -2.37. The molecule has 0 saturated heterocycles. The van der Waals surface area contributed by atoms with E-state index in [0.29, 0.717) is 0 Å². The van der Waals surface area contributed by atoms with Crippen LogP contribution in [0.4, 0.5) is 0 Å². The second-order valence-electron chi connectivity index (χ2n) is 13.9. The SMILES string of the molecule is CCCCCCCCCCCCCCCCCC(CCCCCCCCCCCCCCCC)[N+](C)(C)CC.Cl.Cl. The summed E-state index contributed by atoms with van der Waals surface area (Å²) in [7, 11) is 4.97. The largest absolute Gasteiger partial charge is 0.326 e. The molecule has 0 bridgehead atoms. The van der Waals surface area contributed by atoms with E-state index in [9.17, 15) is 0 Å². The lowest BCUT2D eigenvalue weighted by atomic mass is 9.97. The number of quaternary nitrogens is 1. The van der Waals surface area contributed by atoms with E-state index in [1.54, 1.807) is 0 Å². The van der Waals surface area contributed by atoms with E-state index in [0.717, 1.165) is 6.04 Å². The summed E-state index contributed by atoms with van der Waals surface area (Å²) in [6.45, 7) is 8.30. The molecule has 1 unspecified atom stereocenters. The molecule has 3 heteroatoms. The number of rotatable bonds is 33. The smallest absolute Gasteiger partial charge is 0.0886 e. The van der Waals surface area contributed by atoms with Crippen molar-refractivity contribution < 1.29 is 4.48 Å². The highest BCUT2D eigenvalue weighted by molar-refractivity contribution is 5.85. The quantitative estimate of drug-likeness (QED) is 0.0504. The fourth-order valence-corrected chi connectivity index (χ4v) is 6.43. The molecule has 0 aromatic carbocycles. The first kappa shape index (κ1) is 46.0. The van der Waals surface area contributed by atoms with Gasteiger partial charge in [0.15, 0.2) is 0 Å². The van der Waals surface area contributed by atoms with Crippen LogP contribution in [0.25, 0.3) is 0 Å². The average Bonchev–Trinajstić information content (AvgIpc) is 2.94. The predicted molar refractivity (Wildman–Crippen MR) is 195 cm³/mol. The van der Waals surface area contributed by atoms with Crippen molar-refractivity contribution in [2.75, 3.05) is 20.6 Å². The Morgan fingerprint density at radius 1 is 0.317 bits per heavy atom. The Hall–Kier alpha value is 0.540. The third-order valence-electron chi connectivity index (χ3n) is 9.84. The maximum atomic E-state index is 2.49. The van der Waals surface area contributed by atoms with Gasteiger partial charge in [0.25, 0.3) is 0 Å². The highest BCUT2D eigenvalue weighted by Gasteiger charge is 2.25. The van der Waals surface area contributed by atoms with Gasteiger partial charge in [-0.2, -0.15) is 0 Å². The van der Waals surface area contributed by atoms with Gasteiger partial charge in [-0.1, -0.05) is 187 Å². The molecule has 0 aliphatic heterocycles. The maximum absolute atomic E-state index is 2.49. The van der Waals surface area contributed by atoms with Gasteiger partial charge in [0.1, 0.15) is 0 Å². The van der Waals surface area contributed by atoms with Crippen molar-refractivity contribution in [1.82, 2.24) is 0 Å². The highest BCUT2D eigenvalue weighted by atomic mass is 35.5. The first-order chi connectivity index (χ1) is 19.1. The summed E-state index contributed by atoms with van der Waals surface area (Å²) in [5, 5.41) is 0. The molecule has 0 radical (unpaired) electrons. The number of nitrogens with zero attached hydrogens (tertiary/aromatic N) is 1. The third-order valence-corrected chi connectivity index (χ3v) is 9.84. The molecule has 1 nitrogen and oxygen atoms in total. The second kappa shape index (κ2) is 36.7. The monoisotopic (exact) mass is 623 g/mol. The maximum Gasteiger partial charge on any atom is 0.0886 e. The second-order valence-corrected chi connectivity index (χ2v) is 13.9. The van der Waals surface area contributed by atoms with E-state index in [2.05, 4.69) is 34.9 Å². The molecular formula is C38H82Cl2N+. The van der Waals surface area contributed by atoms with Crippen LogP contribution in [0.2, 0.25) is 0 Å². The summed E-state index contributed by atoms with van der Waals surface area (Å²) >= 11 is 0. The Morgan fingerprint density at radius 3 is 0.707 bits per heavy atom. The third kappa shape index (κ3) is 33.3. The van der Waals surface area contributed by atoms with E-state index in [-0.39, 0.29) is 24.8 Å². The molecule has 252 valence electrons. The van der Waals surface area contributed by atoms with Crippen molar-refractivity contribution in [3.63, 3.8) is 0 Å². The van der Waals surface area contributed by atoms with Crippen LogP contribution in [0, 0.1) is 0 Å². The van der Waals surface area contributed by atoms with E-state index >= 15 is 0 Å². The molecule has 0 N–H and O–H groups in total. The normalized spacial score (nSPS) is 12.2. The van der Waals surface area contributed by atoms with Crippen LogP contribution < -0.4 is 0 Å². The van der Waals surface area contributed by atoms with Gasteiger partial charge in [-0.3, -0.25) is 0 Å². The fraction of sp³-hybridized carbons (Fsp3) is 1.00. The minimum atomic E-state index is 0. The predicted octanol–water partition coefficient (Wildman–Crippen LogP) is 14.4. The van der Waals surface area contributed by atoms with Gasteiger partial charge in [0, 0.05) is 0 Å². The van der Waals surface area contributed by atoms with Crippen molar-refractivity contribution in [2.24, 2.45) is 0 Å². The Labute approximate surface area is 275 Å². The van der Waals surface area contributed by atoms with Crippen LogP contribution >= 0.6 is 24.8 Å². The fourth-order valence-electron chi connectivity index (χ4n) is 6.43. The van der Waals surface area contributed by atoms with Gasteiger partial charge >= 0.3 is 0 Å². The topological polar surface area (TPSA) is 0 Å². The molecule has 0 aliphatic carbocycles. The Morgan fingerprint density at radius 2 is 0.512 bits per heavy atom. The van der Waals surface area contributed by atoms with Crippen LogP contribution in [0.3, 0.4) is 0 Å². The van der Waals surface area contributed by atoms with Gasteiger partial charge < -0.3 is 4.48 Å². The summed E-state index contributed by atoms with van der Waals surface area (Å²) in [4.78, 5) is 0. The van der Waals surface area contributed by atoms with Crippen LogP contribution in [0.15, 0.2) is 0 Å². The van der Waals surface area contributed by atoms with Crippen LogP contribution in [0.1, 0.15) is 220 Å². The summed E-state index contributed by atoms with van der Waals surface area (Å²) in [5.41, 5.74) is 0.